The number of thioether (sulfide) groups is 1. The Morgan fingerprint density at radius 1 is 1.15 bits per heavy atom. The Bertz CT molecular complexity index is 620. The van der Waals surface area contributed by atoms with E-state index in [4.69, 9.17) is 5.73 Å². The van der Waals surface area contributed by atoms with Crippen LogP contribution >= 0.6 is 11.8 Å². The number of rotatable bonds is 4. The highest BCUT2D eigenvalue weighted by atomic mass is 32.2. The molecule has 0 heterocycles. The van der Waals surface area contributed by atoms with Gasteiger partial charge in [-0.3, -0.25) is 4.79 Å². The molecule has 0 bridgehead atoms. The van der Waals surface area contributed by atoms with Gasteiger partial charge in [-0.25, -0.2) is 8.78 Å². The van der Waals surface area contributed by atoms with Gasteiger partial charge in [0.2, 0.25) is 5.91 Å². The molecule has 0 aliphatic rings. The molecule has 6 heteroatoms. The fraction of sp³-hybridized carbons (Fsp3) is 0.0714. The van der Waals surface area contributed by atoms with E-state index in [0.29, 0.717) is 6.07 Å². The fourth-order valence-electron chi connectivity index (χ4n) is 1.51. The smallest absolute Gasteiger partial charge is 0.234 e. The van der Waals surface area contributed by atoms with E-state index in [0.717, 1.165) is 11.0 Å². The van der Waals surface area contributed by atoms with Crippen molar-refractivity contribution in [1.29, 1.82) is 0 Å². The maximum absolute atomic E-state index is 13.4. The quantitative estimate of drug-likeness (QED) is 0.672. The number of amides is 1. The van der Waals surface area contributed by atoms with Gasteiger partial charge in [-0.1, -0.05) is 18.2 Å². The summed E-state index contributed by atoms with van der Waals surface area (Å²) in [6, 6.07) is 11.1. The molecule has 20 heavy (non-hydrogen) atoms. The molecular formula is C14H12F2N2OS. The van der Waals surface area contributed by atoms with Crippen LogP contribution in [-0.2, 0) is 4.79 Å². The van der Waals surface area contributed by atoms with E-state index in [2.05, 4.69) is 5.32 Å². The standard InChI is InChI=1S/C14H12F2N2OS/c15-10-6-11(16)13(7-12(10)17)18-14(19)8-20-9-4-2-1-3-5-9/h1-7H,8,17H2,(H,18,19). The van der Waals surface area contributed by atoms with Crippen molar-refractivity contribution in [2.45, 2.75) is 4.90 Å². The number of benzene rings is 2. The van der Waals surface area contributed by atoms with Gasteiger partial charge in [0.1, 0.15) is 11.6 Å². The van der Waals surface area contributed by atoms with Gasteiger partial charge in [-0.05, 0) is 18.2 Å². The topological polar surface area (TPSA) is 55.1 Å². The van der Waals surface area contributed by atoms with Crippen molar-refractivity contribution >= 4 is 29.0 Å². The van der Waals surface area contributed by atoms with Crippen LogP contribution in [0, 0.1) is 11.6 Å². The Morgan fingerprint density at radius 2 is 1.85 bits per heavy atom. The van der Waals surface area contributed by atoms with Crippen molar-refractivity contribution in [3.05, 3.63) is 54.1 Å². The van der Waals surface area contributed by atoms with Gasteiger partial charge in [-0.2, -0.15) is 0 Å². The summed E-state index contributed by atoms with van der Waals surface area (Å²) in [5, 5.41) is 2.37. The minimum atomic E-state index is -0.852. The molecular weight excluding hydrogens is 282 g/mol. The first-order valence-electron chi connectivity index (χ1n) is 5.78. The minimum absolute atomic E-state index is 0.123. The first-order chi connectivity index (χ1) is 9.56. The summed E-state index contributed by atoms with van der Waals surface area (Å²) in [7, 11) is 0. The van der Waals surface area contributed by atoms with Crippen molar-refractivity contribution < 1.29 is 13.6 Å². The highest BCUT2D eigenvalue weighted by Crippen LogP contribution is 2.22. The van der Waals surface area contributed by atoms with Gasteiger partial charge >= 0.3 is 0 Å². The molecule has 0 aliphatic carbocycles. The summed E-state index contributed by atoms with van der Waals surface area (Å²) in [5.41, 5.74) is 5.00. The highest BCUT2D eigenvalue weighted by Gasteiger charge is 2.11. The molecule has 0 atom stereocenters. The second-order valence-electron chi connectivity index (χ2n) is 4.00. The van der Waals surface area contributed by atoms with Crippen molar-refractivity contribution in [1.82, 2.24) is 0 Å². The predicted molar refractivity (Wildman–Crippen MR) is 76.6 cm³/mol. The van der Waals surface area contributed by atoms with Gasteiger partial charge in [0.05, 0.1) is 17.1 Å². The third-order valence-electron chi connectivity index (χ3n) is 2.47. The molecule has 1 amide bonds. The average molecular weight is 294 g/mol. The van der Waals surface area contributed by atoms with E-state index in [1.54, 1.807) is 0 Å². The molecule has 0 aromatic heterocycles. The predicted octanol–water partition coefficient (Wildman–Crippen LogP) is 3.28. The SMILES string of the molecule is Nc1cc(NC(=O)CSc2ccccc2)c(F)cc1F. The van der Waals surface area contributed by atoms with Gasteiger partial charge in [0, 0.05) is 11.0 Å². The van der Waals surface area contributed by atoms with Crippen LogP contribution in [0.2, 0.25) is 0 Å². The maximum Gasteiger partial charge on any atom is 0.234 e. The summed E-state index contributed by atoms with van der Waals surface area (Å²) >= 11 is 1.32. The number of anilines is 2. The third kappa shape index (κ3) is 3.71. The number of carbonyl (C=O) groups excluding carboxylic acids is 1. The Balaban J connectivity index is 1.97. The van der Waals surface area contributed by atoms with Gasteiger partial charge in [0.15, 0.2) is 0 Å². The molecule has 0 saturated carbocycles. The largest absolute Gasteiger partial charge is 0.396 e. The Hall–Kier alpha value is -2.08. The Labute approximate surface area is 119 Å². The lowest BCUT2D eigenvalue weighted by Crippen LogP contribution is -2.15. The van der Waals surface area contributed by atoms with E-state index in [-0.39, 0.29) is 23.0 Å². The lowest BCUT2D eigenvalue weighted by molar-refractivity contribution is -0.113. The van der Waals surface area contributed by atoms with Crippen LogP contribution in [0.25, 0.3) is 0 Å². The van der Waals surface area contributed by atoms with Gasteiger partial charge in [-0.15, -0.1) is 11.8 Å². The number of hydrogen-bond acceptors (Lipinski definition) is 3. The number of carbonyl (C=O) groups is 1. The van der Waals surface area contributed by atoms with E-state index >= 15 is 0 Å². The van der Waals surface area contributed by atoms with Crippen molar-refractivity contribution in [2.75, 3.05) is 16.8 Å². The molecule has 0 aliphatic heterocycles. The fourth-order valence-corrected chi connectivity index (χ4v) is 2.23. The molecule has 0 spiro atoms. The summed E-state index contributed by atoms with van der Waals surface area (Å²) in [6.45, 7) is 0. The first kappa shape index (κ1) is 14.3. The van der Waals surface area contributed by atoms with Gasteiger partial charge in [0.25, 0.3) is 0 Å². The normalized spacial score (nSPS) is 10.3. The van der Waals surface area contributed by atoms with E-state index in [1.807, 2.05) is 30.3 Å². The number of nitrogens with two attached hydrogens (primary N) is 1. The number of hydrogen-bond donors (Lipinski definition) is 2. The molecule has 0 radical (unpaired) electrons. The average Bonchev–Trinajstić information content (AvgIpc) is 2.44. The monoisotopic (exact) mass is 294 g/mol. The molecule has 2 aromatic carbocycles. The second-order valence-corrected chi connectivity index (χ2v) is 5.05. The molecule has 0 unspecified atom stereocenters. The first-order valence-corrected chi connectivity index (χ1v) is 6.77. The number of nitrogens with one attached hydrogen (secondary N) is 1. The van der Waals surface area contributed by atoms with Crippen LogP contribution < -0.4 is 11.1 Å². The summed E-state index contributed by atoms with van der Waals surface area (Å²) in [6.07, 6.45) is 0. The molecule has 2 rings (SSSR count). The lowest BCUT2D eigenvalue weighted by Gasteiger charge is -2.08. The van der Waals surface area contributed by atoms with Crippen molar-refractivity contribution in [3.8, 4) is 0 Å². The molecule has 0 saturated heterocycles. The number of nitrogen functional groups attached to an aromatic ring is 1. The van der Waals surface area contributed by atoms with Crippen LogP contribution in [0.4, 0.5) is 20.2 Å². The third-order valence-corrected chi connectivity index (χ3v) is 3.49. The van der Waals surface area contributed by atoms with Crippen LogP contribution in [0.1, 0.15) is 0 Å². The van der Waals surface area contributed by atoms with Crippen LogP contribution in [0.3, 0.4) is 0 Å². The Kier molecular flexibility index (Phi) is 4.57. The van der Waals surface area contributed by atoms with Crippen molar-refractivity contribution in [2.24, 2.45) is 0 Å². The highest BCUT2D eigenvalue weighted by molar-refractivity contribution is 8.00. The Morgan fingerprint density at radius 3 is 2.55 bits per heavy atom. The lowest BCUT2D eigenvalue weighted by atomic mass is 10.2. The number of halogens is 2. The molecule has 104 valence electrons. The molecule has 2 aromatic rings. The maximum atomic E-state index is 13.4. The van der Waals surface area contributed by atoms with E-state index < -0.39 is 11.6 Å². The second kappa shape index (κ2) is 6.38. The van der Waals surface area contributed by atoms with Crippen molar-refractivity contribution in [3.63, 3.8) is 0 Å². The minimum Gasteiger partial charge on any atom is -0.396 e. The van der Waals surface area contributed by atoms with E-state index in [9.17, 15) is 13.6 Å². The van der Waals surface area contributed by atoms with Crippen LogP contribution in [0.5, 0.6) is 0 Å². The molecule has 3 nitrogen and oxygen atoms in total. The summed E-state index contributed by atoms with van der Waals surface area (Å²) in [5.74, 6) is -1.96. The van der Waals surface area contributed by atoms with Crippen LogP contribution in [-0.4, -0.2) is 11.7 Å². The zero-order valence-corrected chi connectivity index (χ0v) is 11.2. The van der Waals surface area contributed by atoms with Gasteiger partial charge < -0.3 is 11.1 Å². The summed E-state index contributed by atoms with van der Waals surface area (Å²) < 4.78 is 26.4. The molecule has 3 N–H and O–H groups in total. The zero-order valence-electron chi connectivity index (χ0n) is 10.4. The molecule has 0 fully saturated rings. The van der Waals surface area contributed by atoms with Crippen LogP contribution in [0.15, 0.2) is 47.4 Å². The van der Waals surface area contributed by atoms with E-state index in [1.165, 1.54) is 11.8 Å². The zero-order chi connectivity index (χ0) is 14.5. The summed E-state index contributed by atoms with van der Waals surface area (Å²) in [4.78, 5) is 12.6.